The Balaban J connectivity index is 1.48. The number of carbonyl (C=O) groups is 1. The number of nitrogens with two attached hydrogens (primary N) is 2. The van der Waals surface area contributed by atoms with E-state index in [-0.39, 0.29) is 18.0 Å². The maximum Gasteiger partial charge on any atom is 0.292 e. The van der Waals surface area contributed by atoms with Gasteiger partial charge in [0.15, 0.2) is 5.58 Å². The third-order valence-corrected chi connectivity index (χ3v) is 5.98. The Morgan fingerprint density at radius 2 is 2.06 bits per heavy atom. The monoisotopic (exact) mass is 418 g/mol. The van der Waals surface area contributed by atoms with Crippen molar-refractivity contribution in [2.24, 2.45) is 11.7 Å². The number of nitrogens with one attached hydrogen (secondary N) is 1. The Morgan fingerprint density at radius 3 is 2.87 bits per heavy atom. The minimum Gasteiger partial charge on any atom is -0.491 e. The van der Waals surface area contributed by atoms with Gasteiger partial charge >= 0.3 is 0 Å². The molecule has 158 valence electrons. The quantitative estimate of drug-likeness (QED) is 0.454. The second-order valence-corrected chi connectivity index (χ2v) is 8.23. The highest BCUT2D eigenvalue weighted by atomic mass is 16.5. The smallest absolute Gasteiger partial charge is 0.292 e. The first-order valence-corrected chi connectivity index (χ1v) is 10.5. The Hall–Kier alpha value is -3.75. The van der Waals surface area contributed by atoms with Gasteiger partial charge in [-0.25, -0.2) is 4.98 Å². The number of fused-ring (bicyclic) bond motifs is 1. The van der Waals surface area contributed by atoms with Gasteiger partial charge in [0.05, 0.1) is 12.1 Å². The minimum atomic E-state index is -0.378. The number of oxazole rings is 1. The number of carbonyl (C=O) groups excluding carboxylic acids is 1. The van der Waals surface area contributed by atoms with E-state index in [1.807, 2.05) is 30.3 Å². The third kappa shape index (κ3) is 3.04. The molecule has 0 radical (unpaired) electrons. The summed E-state index contributed by atoms with van der Waals surface area (Å²) in [6.45, 7) is 1.40. The van der Waals surface area contributed by atoms with Crippen molar-refractivity contribution >= 4 is 39.7 Å². The molecule has 9 heteroatoms. The molecule has 1 saturated carbocycles. The summed E-state index contributed by atoms with van der Waals surface area (Å²) in [5, 5.41) is 3.31. The van der Waals surface area contributed by atoms with Crippen LogP contribution < -0.4 is 21.5 Å². The molecule has 3 heterocycles. The van der Waals surface area contributed by atoms with Gasteiger partial charge < -0.3 is 30.5 Å². The average Bonchev–Trinajstić information content (AvgIpc) is 3.45. The number of anilines is 2. The molecule has 0 bridgehead atoms. The van der Waals surface area contributed by atoms with Crippen LogP contribution in [-0.4, -0.2) is 33.1 Å². The molecular formula is C22H22N6O3. The van der Waals surface area contributed by atoms with Gasteiger partial charge in [0.25, 0.3) is 6.01 Å². The number of nitrogen functional groups attached to an aromatic ring is 1. The maximum atomic E-state index is 11.9. The molecule has 4 aromatic rings. The second kappa shape index (κ2) is 6.63. The molecule has 0 spiro atoms. The second-order valence-electron chi connectivity index (χ2n) is 8.23. The van der Waals surface area contributed by atoms with E-state index >= 15 is 0 Å². The number of hydrogen-bond donors (Lipinski definition) is 3. The van der Waals surface area contributed by atoms with E-state index in [1.54, 1.807) is 0 Å². The number of primary amides is 1. The standard InChI is InChI=1S/C22H22N6O3/c23-20(29)18(11-2-3-11)25-13-9-15-19-17(10-13)30-7-1-6-28(19)21(26-15)12-4-5-14-16(8-12)31-22(24)27-14/h4-5,8-11,18,25H,1-3,6-7H2,(H2,23,29)(H2,24,27)/t18-/m0/s1. The Bertz CT molecular complexity index is 1340. The van der Waals surface area contributed by atoms with Crippen molar-refractivity contribution in [3.8, 4) is 17.1 Å². The summed E-state index contributed by atoms with van der Waals surface area (Å²) >= 11 is 0. The molecule has 1 amide bonds. The van der Waals surface area contributed by atoms with Crippen molar-refractivity contribution in [2.75, 3.05) is 17.7 Å². The number of aryl methyl sites for hydroxylation is 1. The first kappa shape index (κ1) is 18.1. The zero-order valence-electron chi connectivity index (χ0n) is 16.8. The van der Waals surface area contributed by atoms with E-state index < -0.39 is 0 Å². The lowest BCUT2D eigenvalue weighted by Gasteiger charge is -2.17. The highest BCUT2D eigenvalue weighted by Gasteiger charge is 2.35. The fraction of sp³-hybridized carbons (Fsp3) is 0.318. The summed E-state index contributed by atoms with van der Waals surface area (Å²) < 4.78 is 13.7. The van der Waals surface area contributed by atoms with E-state index in [1.165, 1.54) is 0 Å². The van der Waals surface area contributed by atoms with Gasteiger partial charge in [-0.2, -0.15) is 4.98 Å². The lowest BCUT2D eigenvalue weighted by Crippen LogP contribution is -2.37. The van der Waals surface area contributed by atoms with Crippen molar-refractivity contribution in [3.63, 3.8) is 0 Å². The number of aromatic nitrogens is 3. The number of hydrogen-bond acceptors (Lipinski definition) is 7. The molecular weight excluding hydrogens is 396 g/mol. The summed E-state index contributed by atoms with van der Waals surface area (Å²) in [7, 11) is 0. The Morgan fingerprint density at radius 1 is 1.19 bits per heavy atom. The molecule has 1 fully saturated rings. The number of rotatable bonds is 5. The molecule has 6 rings (SSSR count). The topological polar surface area (TPSA) is 134 Å². The molecule has 31 heavy (non-hydrogen) atoms. The van der Waals surface area contributed by atoms with Crippen LogP contribution in [-0.2, 0) is 11.3 Å². The molecule has 1 atom stereocenters. The van der Waals surface area contributed by atoms with Crippen LogP contribution in [0, 0.1) is 5.92 Å². The first-order valence-electron chi connectivity index (χ1n) is 10.5. The number of amides is 1. The predicted molar refractivity (Wildman–Crippen MR) is 117 cm³/mol. The molecule has 2 aromatic heterocycles. The molecule has 2 aromatic carbocycles. The summed E-state index contributed by atoms with van der Waals surface area (Å²) in [5.74, 6) is 1.53. The lowest BCUT2D eigenvalue weighted by atomic mass is 10.1. The normalized spacial score (nSPS) is 16.8. The number of benzene rings is 2. The van der Waals surface area contributed by atoms with Crippen molar-refractivity contribution in [1.82, 2.24) is 14.5 Å². The van der Waals surface area contributed by atoms with E-state index in [2.05, 4.69) is 14.9 Å². The van der Waals surface area contributed by atoms with E-state index in [0.29, 0.717) is 23.6 Å². The number of nitrogens with zero attached hydrogens (tertiary/aromatic N) is 3. The van der Waals surface area contributed by atoms with Crippen LogP contribution >= 0.6 is 0 Å². The first-order chi connectivity index (χ1) is 15.1. The zero-order chi connectivity index (χ0) is 21.1. The molecule has 1 aliphatic heterocycles. The van der Waals surface area contributed by atoms with Crippen LogP contribution in [0.5, 0.6) is 5.75 Å². The maximum absolute atomic E-state index is 11.9. The fourth-order valence-corrected chi connectivity index (χ4v) is 4.38. The van der Waals surface area contributed by atoms with Crippen LogP contribution in [0.2, 0.25) is 0 Å². The summed E-state index contributed by atoms with van der Waals surface area (Å²) in [5.41, 5.74) is 16.1. The van der Waals surface area contributed by atoms with Gasteiger partial charge in [0.2, 0.25) is 5.91 Å². The van der Waals surface area contributed by atoms with Gasteiger partial charge in [-0.1, -0.05) is 0 Å². The third-order valence-electron chi connectivity index (χ3n) is 5.98. The summed E-state index contributed by atoms with van der Waals surface area (Å²) in [6, 6.07) is 9.41. The number of imidazole rings is 1. The highest BCUT2D eigenvalue weighted by molar-refractivity contribution is 5.92. The average molecular weight is 418 g/mol. The Labute approximate surface area is 177 Å². The van der Waals surface area contributed by atoms with Gasteiger partial charge in [-0.05, 0) is 49.4 Å². The van der Waals surface area contributed by atoms with Crippen molar-refractivity contribution in [3.05, 3.63) is 30.3 Å². The van der Waals surface area contributed by atoms with Crippen molar-refractivity contribution in [2.45, 2.75) is 31.8 Å². The summed E-state index contributed by atoms with van der Waals surface area (Å²) in [4.78, 5) is 21.0. The molecule has 9 nitrogen and oxygen atoms in total. The van der Waals surface area contributed by atoms with Crippen LogP contribution in [0.25, 0.3) is 33.5 Å². The predicted octanol–water partition coefficient (Wildman–Crippen LogP) is 2.89. The van der Waals surface area contributed by atoms with Crippen LogP contribution in [0.3, 0.4) is 0 Å². The molecule has 0 saturated heterocycles. The summed E-state index contributed by atoms with van der Waals surface area (Å²) in [6.07, 6.45) is 2.89. The van der Waals surface area contributed by atoms with Crippen LogP contribution in [0.1, 0.15) is 19.3 Å². The van der Waals surface area contributed by atoms with Gasteiger partial charge in [-0.15, -0.1) is 0 Å². The molecule has 0 unspecified atom stereocenters. The van der Waals surface area contributed by atoms with E-state index in [0.717, 1.165) is 59.7 Å². The minimum absolute atomic E-state index is 0.143. The van der Waals surface area contributed by atoms with Gasteiger partial charge in [0.1, 0.15) is 28.6 Å². The highest BCUT2D eigenvalue weighted by Crippen LogP contribution is 2.39. The zero-order valence-corrected chi connectivity index (χ0v) is 16.8. The fourth-order valence-electron chi connectivity index (χ4n) is 4.38. The van der Waals surface area contributed by atoms with Crippen molar-refractivity contribution < 1.29 is 13.9 Å². The van der Waals surface area contributed by atoms with Crippen LogP contribution in [0.4, 0.5) is 11.7 Å². The van der Waals surface area contributed by atoms with E-state index in [4.69, 9.17) is 25.6 Å². The van der Waals surface area contributed by atoms with Gasteiger partial charge in [-0.3, -0.25) is 4.79 Å². The van der Waals surface area contributed by atoms with Crippen molar-refractivity contribution in [1.29, 1.82) is 0 Å². The largest absolute Gasteiger partial charge is 0.491 e. The van der Waals surface area contributed by atoms with E-state index in [9.17, 15) is 4.79 Å². The number of ether oxygens (including phenoxy) is 1. The van der Waals surface area contributed by atoms with Crippen LogP contribution in [0.15, 0.2) is 34.7 Å². The SMILES string of the molecule is NC(=O)[C@@H](Nc1cc2c3c(c1)nc(-c1ccc4nc(N)oc4c1)n3CCCO2)C1CC1. The lowest BCUT2D eigenvalue weighted by molar-refractivity contribution is -0.119. The Kier molecular flexibility index (Phi) is 3.86. The molecule has 2 aliphatic rings. The molecule has 1 aliphatic carbocycles. The van der Waals surface area contributed by atoms with Gasteiger partial charge in [0, 0.05) is 23.9 Å². The molecule has 5 N–H and O–H groups in total.